The highest BCUT2D eigenvalue weighted by Crippen LogP contribution is 2.33. The van der Waals surface area contributed by atoms with Crippen LogP contribution in [0.15, 0.2) is 87.9 Å². The number of rotatable bonds is 5. The second kappa shape index (κ2) is 12.1. The fourth-order valence-corrected chi connectivity index (χ4v) is 5.76. The Balaban J connectivity index is 0.00000164. The van der Waals surface area contributed by atoms with Crippen molar-refractivity contribution >= 4 is 34.7 Å². The maximum atomic E-state index is 13.1. The minimum Gasteiger partial charge on any atom is -0.280 e. The molecule has 0 fully saturated rings. The van der Waals surface area contributed by atoms with Crippen molar-refractivity contribution in [2.45, 2.75) is 44.3 Å². The van der Waals surface area contributed by atoms with Gasteiger partial charge in [-0.15, -0.1) is 22.0 Å². The first kappa shape index (κ1) is 27.8. The van der Waals surface area contributed by atoms with Crippen molar-refractivity contribution in [1.29, 1.82) is 0 Å². The summed E-state index contributed by atoms with van der Waals surface area (Å²) in [6.45, 7) is 6.13. The topological polar surface area (TPSA) is 52.2 Å². The highest BCUT2D eigenvalue weighted by molar-refractivity contribution is 8.03. The van der Waals surface area contributed by atoms with E-state index in [2.05, 4.69) is 41.4 Å². The first-order valence-electron chi connectivity index (χ1n) is 12.1. The lowest BCUT2D eigenvalue weighted by atomic mass is 10.0. The third kappa shape index (κ3) is 6.07. The van der Waals surface area contributed by atoms with Gasteiger partial charge in [0, 0.05) is 29.6 Å². The van der Waals surface area contributed by atoms with E-state index in [0.29, 0.717) is 10.9 Å². The molecule has 198 valence electrons. The number of hydrogen-bond donors (Lipinski definition) is 0. The molecule has 0 bridgehead atoms. The van der Waals surface area contributed by atoms with Crippen molar-refractivity contribution < 1.29 is 13.2 Å². The minimum absolute atomic E-state index is 0.0510. The summed E-state index contributed by atoms with van der Waals surface area (Å²) in [6.07, 6.45) is 3.93. The number of hydrogen-bond acceptors (Lipinski definition) is 5. The van der Waals surface area contributed by atoms with Crippen LogP contribution in [-0.2, 0) is 11.9 Å². The van der Waals surface area contributed by atoms with Crippen LogP contribution in [-0.4, -0.2) is 24.9 Å². The van der Waals surface area contributed by atoms with Gasteiger partial charge in [-0.1, -0.05) is 68.1 Å². The highest BCUT2D eigenvalue weighted by Gasteiger charge is 2.30. The van der Waals surface area contributed by atoms with Crippen LogP contribution in [0.25, 0.3) is 16.9 Å². The van der Waals surface area contributed by atoms with E-state index in [1.807, 2.05) is 37.7 Å². The third-order valence-electron chi connectivity index (χ3n) is 5.84. The Labute approximate surface area is 227 Å². The van der Waals surface area contributed by atoms with E-state index in [1.165, 1.54) is 46.1 Å². The van der Waals surface area contributed by atoms with Crippen molar-refractivity contribution in [1.82, 2.24) is 19.2 Å². The summed E-state index contributed by atoms with van der Waals surface area (Å²) >= 11 is 3.29. The summed E-state index contributed by atoms with van der Waals surface area (Å²) in [7, 11) is 0. The van der Waals surface area contributed by atoms with Crippen LogP contribution >= 0.6 is 23.5 Å². The lowest BCUT2D eigenvalue weighted by Gasteiger charge is -2.12. The van der Waals surface area contributed by atoms with Gasteiger partial charge in [-0.05, 0) is 53.1 Å². The Bertz CT molecular complexity index is 1550. The van der Waals surface area contributed by atoms with Gasteiger partial charge in [-0.25, -0.2) is 0 Å². The molecule has 5 nitrogen and oxygen atoms in total. The maximum Gasteiger partial charge on any atom is 0.416 e. The third-order valence-corrected chi connectivity index (χ3v) is 7.91. The first-order valence-corrected chi connectivity index (χ1v) is 14.1. The Hall–Kier alpha value is -3.24. The standard InChI is InChI=1S/C26H21F3N4OS2.C2H6/c1-17-6-4-8-19(15-35-17)22-11-3-2-7-18(22)16-36-25-31-30-23-24(34)32(12-13-33(23)25)21-10-5-9-20(14-21)26(27,28)29;1-2/h2-3,5-14H,4,15-16H2,1H3;1-2H3. The van der Waals surface area contributed by atoms with Gasteiger partial charge < -0.3 is 0 Å². The summed E-state index contributed by atoms with van der Waals surface area (Å²) in [6, 6.07) is 12.9. The molecular weight excluding hydrogens is 529 g/mol. The smallest absolute Gasteiger partial charge is 0.280 e. The van der Waals surface area contributed by atoms with Crippen molar-refractivity contribution in [3.05, 3.63) is 105 Å². The molecule has 1 aliphatic rings. The van der Waals surface area contributed by atoms with E-state index in [-0.39, 0.29) is 11.3 Å². The molecular formula is C28H27F3N4OS2. The zero-order valence-electron chi connectivity index (χ0n) is 21.2. The quantitative estimate of drug-likeness (QED) is 0.237. The maximum absolute atomic E-state index is 13.1. The zero-order valence-corrected chi connectivity index (χ0v) is 22.8. The van der Waals surface area contributed by atoms with Crippen LogP contribution in [0.5, 0.6) is 0 Å². The molecule has 0 N–H and O–H groups in total. The summed E-state index contributed by atoms with van der Waals surface area (Å²) in [4.78, 5) is 14.3. The SMILES string of the molecule is CC.CC1=CCC=C(c2ccccc2CSc2nnc3c(=O)n(-c4cccc(C(F)(F)F)c4)ccn23)CS1. The molecule has 0 radical (unpaired) electrons. The first-order chi connectivity index (χ1) is 18.3. The van der Waals surface area contributed by atoms with Crippen molar-refractivity contribution in [2.75, 3.05) is 5.75 Å². The largest absolute Gasteiger partial charge is 0.416 e. The Morgan fingerprint density at radius 2 is 1.82 bits per heavy atom. The fraction of sp³-hybridized carbons (Fsp3) is 0.250. The van der Waals surface area contributed by atoms with Crippen molar-refractivity contribution in [3.8, 4) is 5.69 Å². The molecule has 0 spiro atoms. The van der Waals surface area contributed by atoms with Gasteiger partial charge in [0.2, 0.25) is 5.65 Å². The molecule has 4 aromatic rings. The van der Waals surface area contributed by atoms with E-state index in [9.17, 15) is 18.0 Å². The van der Waals surface area contributed by atoms with Gasteiger partial charge in [-0.3, -0.25) is 13.8 Å². The second-order valence-electron chi connectivity index (χ2n) is 8.21. The summed E-state index contributed by atoms with van der Waals surface area (Å²) < 4.78 is 42.1. The molecule has 5 rings (SSSR count). The van der Waals surface area contributed by atoms with E-state index in [1.54, 1.807) is 10.6 Å². The van der Waals surface area contributed by atoms with Gasteiger partial charge in [0.25, 0.3) is 0 Å². The molecule has 0 atom stereocenters. The second-order valence-corrected chi connectivity index (χ2v) is 10.4. The van der Waals surface area contributed by atoms with Crippen LogP contribution in [0.2, 0.25) is 0 Å². The molecule has 3 heterocycles. The Morgan fingerprint density at radius 3 is 2.61 bits per heavy atom. The number of alkyl halides is 3. The van der Waals surface area contributed by atoms with Crippen molar-refractivity contribution in [2.24, 2.45) is 0 Å². The minimum atomic E-state index is -4.50. The lowest BCUT2D eigenvalue weighted by Crippen LogP contribution is -2.20. The average Bonchev–Trinajstić information content (AvgIpc) is 3.22. The Kier molecular flexibility index (Phi) is 8.83. The molecule has 0 aliphatic carbocycles. The van der Waals surface area contributed by atoms with Gasteiger partial charge >= 0.3 is 11.7 Å². The molecule has 0 saturated carbocycles. The number of thioether (sulfide) groups is 2. The van der Waals surface area contributed by atoms with E-state index in [4.69, 9.17) is 0 Å². The number of halogens is 3. The predicted molar refractivity (Wildman–Crippen MR) is 150 cm³/mol. The number of allylic oxidation sites excluding steroid dienone is 3. The van der Waals surface area contributed by atoms with Crippen LogP contribution in [0.1, 0.15) is 43.9 Å². The van der Waals surface area contributed by atoms with Gasteiger partial charge in [0.1, 0.15) is 0 Å². The number of aromatic nitrogens is 4. The molecule has 2 aromatic carbocycles. The van der Waals surface area contributed by atoms with Crippen LogP contribution in [0.3, 0.4) is 0 Å². The van der Waals surface area contributed by atoms with Crippen molar-refractivity contribution in [3.63, 3.8) is 0 Å². The summed E-state index contributed by atoms with van der Waals surface area (Å²) in [5.74, 6) is 1.54. The molecule has 1 aliphatic heterocycles. The molecule has 0 saturated heterocycles. The number of fused-ring (bicyclic) bond motifs is 1. The zero-order chi connectivity index (χ0) is 27.3. The number of nitrogens with zero attached hydrogens (tertiary/aromatic N) is 4. The van der Waals surface area contributed by atoms with Gasteiger partial charge in [0.15, 0.2) is 5.16 Å². The molecule has 10 heteroatoms. The molecule has 38 heavy (non-hydrogen) atoms. The van der Waals surface area contributed by atoms with Gasteiger partial charge in [0.05, 0.1) is 5.56 Å². The van der Waals surface area contributed by atoms with Crippen LogP contribution < -0.4 is 5.56 Å². The average molecular weight is 557 g/mol. The Morgan fingerprint density at radius 1 is 1.03 bits per heavy atom. The lowest BCUT2D eigenvalue weighted by molar-refractivity contribution is -0.137. The summed E-state index contributed by atoms with van der Waals surface area (Å²) in [5, 5.41) is 8.76. The van der Waals surface area contributed by atoms with E-state index >= 15 is 0 Å². The number of benzene rings is 2. The van der Waals surface area contributed by atoms with E-state index < -0.39 is 17.3 Å². The monoisotopic (exact) mass is 556 g/mol. The van der Waals surface area contributed by atoms with E-state index in [0.717, 1.165) is 34.4 Å². The fourth-order valence-electron chi connectivity index (χ4n) is 3.97. The molecule has 0 amide bonds. The normalized spacial score (nSPS) is 13.8. The highest BCUT2D eigenvalue weighted by atomic mass is 32.2. The molecule has 0 unspecified atom stereocenters. The summed E-state index contributed by atoms with van der Waals surface area (Å²) in [5.41, 5.74) is 2.44. The van der Waals surface area contributed by atoms with Gasteiger partial charge in [-0.2, -0.15) is 13.2 Å². The molecule has 2 aromatic heterocycles. The van der Waals surface area contributed by atoms with Crippen LogP contribution in [0.4, 0.5) is 13.2 Å². The van der Waals surface area contributed by atoms with Crippen LogP contribution in [0, 0.1) is 0 Å². The predicted octanol–water partition coefficient (Wildman–Crippen LogP) is 7.64.